The number of piperazine rings is 1. The number of hydrogen-bond donors (Lipinski definition) is 0. The molecule has 7 nitrogen and oxygen atoms in total. The molecule has 2 aliphatic rings. The van der Waals surface area contributed by atoms with Gasteiger partial charge in [-0.05, 0) is 43.3 Å². The van der Waals surface area contributed by atoms with Crippen LogP contribution < -0.4 is 14.4 Å². The molecule has 2 aromatic rings. The lowest BCUT2D eigenvalue weighted by molar-refractivity contribution is -0.166. The Morgan fingerprint density at radius 1 is 1.12 bits per heavy atom. The van der Waals surface area contributed by atoms with E-state index in [0.717, 1.165) is 37.6 Å². The third-order valence-corrected chi connectivity index (χ3v) is 5.96. The normalized spacial score (nSPS) is 23.3. The number of benzene rings is 2. The second-order valence-corrected chi connectivity index (χ2v) is 8.14. The maximum atomic E-state index is 14.5. The highest BCUT2D eigenvalue weighted by Crippen LogP contribution is 2.36. The zero-order chi connectivity index (χ0) is 22.7. The van der Waals surface area contributed by atoms with E-state index < -0.39 is 11.6 Å². The maximum Gasteiger partial charge on any atom is 0.219 e. The van der Waals surface area contributed by atoms with Gasteiger partial charge in [-0.25, -0.2) is 4.39 Å². The lowest BCUT2D eigenvalue weighted by atomic mass is 10.1. The summed E-state index contributed by atoms with van der Waals surface area (Å²) >= 11 is 0. The molecule has 2 fully saturated rings. The second kappa shape index (κ2) is 9.34. The lowest BCUT2D eigenvalue weighted by Gasteiger charge is -2.35. The fraction of sp³-hybridized carbons (Fsp3) is 0.458. The van der Waals surface area contributed by atoms with Gasteiger partial charge in [0.25, 0.3) is 0 Å². The van der Waals surface area contributed by atoms with E-state index in [4.69, 9.17) is 18.9 Å². The molecule has 2 aliphatic heterocycles. The lowest BCUT2D eigenvalue weighted by Crippen LogP contribution is -2.48. The van der Waals surface area contributed by atoms with Crippen molar-refractivity contribution in [1.82, 2.24) is 4.90 Å². The minimum Gasteiger partial charge on any atom is -0.497 e. The summed E-state index contributed by atoms with van der Waals surface area (Å²) in [6.07, 6.45) is -0.319. The first-order valence-corrected chi connectivity index (χ1v) is 10.8. The Morgan fingerprint density at radius 2 is 1.81 bits per heavy atom. The second-order valence-electron chi connectivity index (χ2n) is 8.14. The third-order valence-electron chi connectivity index (χ3n) is 5.96. The molecule has 0 aliphatic carbocycles. The maximum absolute atomic E-state index is 14.5. The third kappa shape index (κ3) is 4.81. The van der Waals surface area contributed by atoms with Crippen LogP contribution in [0.5, 0.6) is 11.5 Å². The van der Waals surface area contributed by atoms with Crippen molar-refractivity contribution in [3.63, 3.8) is 0 Å². The van der Waals surface area contributed by atoms with E-state index in [1.54, 1.807) is 26.0 Å². The van der Waals surface area contributed by atoms with Crippen LogP contribution in [0.4, 0.5) is 10.1 Å². The molecule has 0 radical (unpaired) electrons. The molecule has 2 heterocycles. The van der Waals surface area contributed by atoms with Crippen LogP contribution in [0.1, 0.15) is 19.4 Å². The van der Waals surface area contributed by atoms with Gasteiger partial charge in [0.15, 0.2) is 5.79 Å². The molecule has 2 aromatic carbocycles. The van der Waals surface area contributed by atoms with Crippen LogP contribution in [0.15, 0.2) is 42.5 Å². The molecule has 0 N–H and O–H groups in total. The van der Waals surface area contributed by atoms with E-state index in [1.807, 2.05) is 29.2 Å². The van der Waals surface area contributed by atoms with Crippen LogP contribution in [0.25, 0.3) is 0 Å². The average Bonchev–Trinajstić information content (AvgIpc) is 3.19. The molecule has 0 bridgehead atoms. The van der Waals surface area contributed by atoms with Crippen molar-refractivity contribution in [3.05, 3.63) is 53.8 Å². The summed E-state index contributed by atoms with van der Waals surface area (Å²) in [5, 5.41) is 0. The number of halogens is 1. The molecule has 2 unspecified atom stereocenters. The monoisotopic (exact) mass is 444 g/mol. The number of nitrogens with zero attached hydrogens (tertiary/aromatic N) is 2. The summed E-state index contributed by atoms with van der Waals surface area (Å²) < 4.78 is 37.2. The van der Waals surface area contributed by atoms with Crippen LogP contribution in [0.3, 0.4) is 0 Å². The van der Waals surface area contributed by atoms with Crippen LogP contribution in [0, 0.1) is 5.82 Å². The number of carbonyl (C=O) groups excluding carboxylic acids is 1. The topological polar surface area (TPSA) is 60.5 Å². The molecule has 172 valence electrons. The molecule has 4 rings (SSSR count). The van der Waals surface area contributed by atoms with Crippen LogP contribution in [0.2, 0.25) is 0 Å². The Bertz CT molecular complexity index is 946. The smallest absolute Gasteiger partial charge is 0.219 e. The van der Waals surface area contributed by atoms with Crippen molar-refractivity contribution in [1.29, 1.82) is 0 Å². The van der Waals surface area contributed by atoms with Crippen molar-refractivity contribution in [2.45, 2.75) is 25.7 Å². The van der Waals surface area contributed by atoms with E-state index in [-0.39, 0.29) is 12.0 Å². The number of hydrogen-bond acceptors (Lipinski definition) is 6. The van der Waals surface area contributed by atoms with Crippen molar-refractivity contribution < 1.29 is 28.1 Å². The molecular formula is C24H29FN2O5. The molecule has 32 heavy (non-hydrogen) atoms. The molecule has 0 saturated carbocycles. The summed E-state index contributed by atoms with van der Waals surface area (Å²) in [5.74, 6) is -0.317. The summed E-state index contributed by atoms with van der Waals surface area (Å²) in [7, 11) is 1.49. The largest absolute Gasteiger partial charge is 0.497 e. The highest BCUT2D eigenvalue weighted by molar-refractivity contribution is 5.73. The van der Waals surface area contributed by atoms with Gasteiger partial charge >= 0.3 is 0 Å². The molecule has 0 aromatic heterocycles. The minimum absolute atomic E-state index is 0.123. The van der Waals surface area contributed by atoms with Gasteiger partial charge in [0.2, 0.25) is 5.91 Å². The quantitative estimate of drug-likeness (QED) is 0.682. The average molecular weight is 445 g/mol. The molecular weight excluding hydrogens is 415 g/mol. The van der Waals surface area contributed by atoms with Crippen molar-refractivity contribution in [2.75, 3.05) is 51.4 Å². The van der Waals surface area contributed by atoms with Crippen molar-refractivity contribution >= 4 is 11.6 Å². The summed E-state index contributed by atoms with van der Waals surface area (Å²) in [4.78, 5) is 15.6. The Kier molecular flexibility index (Phi) is 6.53. The first-order valence-electron chi connectivity index (χ1n) is 10.8. The number of anilines is 1. The van der Waals surface area contributed by atoms with E-state index in [1.165, 1.54) is 13.2 Å². The minimum atomic E-state index is -1.17. The zero-order valence-corrected chi connectivity index (χ0v) is 18.7. The molecule has 8 heteroatoms. The number of amides is 1. The van der Waals surface area contributed by atoms with E-state index in [0.29, 0.717) is 24.5 Å². The van der Waals surface area contributed by atoms with Crippen molar-refractivity contribution in [2.24, 2.45) is 0 Å². The van der Waals surface area contributed by atoms with Crippen LogP contribution in [-0.2, 0) is 20.1 Å². The van der Waals surface area contributed by atoms with Gasteiger partial charge in [-0.15, -0.1) is 0 Å². The number of methoxy groups -OCH3 is 1. The van der Waals surface area contributed by atoms with Gasteiger partial charge in [0.1, 0.15) is 30.0 Å². The number of ether oxygens (including phenoxy) is 4. The van der Waals surface area contributed by atoms with Gasteiger partial charge in [-0.1, -0.05) is 0 Å². The fourth-order valence-corrected chi connectivity index (χ4v) is 4.07. The fourth-order valence-electron chi connectivity index (χ4n) is 4.07. The van der Waals surface area contributed by atoms with Gasteiger partial charge in [-0.2, -0.15) is 0 Å². The Hall–Kier alpha value is -2.84. The molecule has 2 atom stereocenters. The Balaban J connectivity index is 1.30. The Labute approximate surface area is 187 Å². The van der Waals surface area contributed by atoms with Gasteiger partial charge in [0.05, 0.1) is 13.7 Å². The van der Waals surface area contributed by atoms with Crippen molar-refractivity contribution in [3.8, 4) is 11.5 Å². The van der Waals surface area contributed by atoms with E-state index >= 15 is 0 Å². The summed E-state index contributed by atoms with van der Waals surface area (Å²) in [6.45, 7) is 7.02. The first-order chi connectivity index (χ1) is 15.4. The van der Waals surface area contributed by atoms with Gasteiger partial charge in [0, 0.05) is 50.4 Å². The molecule has 1 amide bonds. The zero-order valence-electron chi connectivity index (χ0n) is 18.7. The SMILES string of the molecule is COc1ccc(C2(C)OCC(COc3ccc(N4CCN(C(C)=O)CC4)cc3)O2)c(F)c1. The van der Waals surface area contributed by atoms with Gasteiger partial charge in [-0.3, -0.25) is 4.79 Å². The highest BCUT2D eigenvalue weighted by Gasteiger charge is 2.41. The first kappa shape index (κ1) is 22.4. The standard InChI is InChI=1S/C24H29FN2O5/c1-17(28)26-10-12-27(13-11-26)18-4-6-19(7-5-18)30-15-21-16-31-24(2,32-21)22-9-8-20(29-3)14-23(22)25/h4-9,14,21H,10-13,15-16H2,1-3H3. The predicted molar refractivity (Wildman–Crippen MR) is 118 cm³/mol. The molecule has 2 saturated heterocycles. The van der Waals surface area contributed by atoms with Gasteiger partial charge < -0.3 is 28.7 Å². The predicted octanol–water partition coefficient (Wildman–Crippen LogP) is 3.17. The number of rotatable bonds is 6. The van der Waals surface area contributed by atoms with E-state index in [9.17, 15) is 9.18 Å². The van der Waals surface area contributed by atoms with Crippen LogP contribution >= 0.6 is 0 Å². The summed E-state index contributed by atoms with van der Waals surface area (Å²) in [5.41, 5.74) is 1.43. The summed E-state index contributed by atoms with van der Waals surface area (Å²) in [6, 6.07) is 12.5. The molecule has 0 spiro atoms. The number of carbonyl (C=O) groups is 1. The van der Waals surface area contributed by atoms with E-state index in [2.05, 4.69) is 4.90 Å². The van der Waals surface area contributed by atoms with Crippen LogP contribution in [-0.4, -0.2) is 63.4 Å². The highest BCUT2D eigenvalue weighted by atomic mass is 19.1. The Morgan fingerprint density at radius 3 is 2.44 bits per heavy atom.